The Bertz CT molecular complexity index is 2850. The predicted octanol–water partition coefficient (Wildman–Crippen LogP) is 9.30. The van der Waals surface area contributed by atoms with E-state index in [-0.39, 0.29) is 33.0 Å². The molecule has 2 atom stereocenters. The molecule has 0 radical (unpaired) electrons. The van der Waals surface area contributed by atoms with Crippen LogP contribution in [0.15, 0.2) is 119 Å². The van der Waals surface area contributed by atoms with Crippen LogP contribution in [0.3, 0.4) is 0 Å². The number of hydrogen-bond donors (Lipinski definition) is 8. The molecular weight excluding hydrogens is 660 g/mol. The minimum absolute atomic E-state index is 0.00819. The molecule has 8 aromatic rings. The molecule has 7 aromatic carbocycles. The Morgan fingerprint density at radius 2 is 1.13 bits per heavy atom. The van der Waals surface area contributed by atoms with Gasteiger partial charge in [-0.15, -0.1) is 0 Å². The van der Waals surface area contributed by atoms with Gasteiger partial charge in [0.1, 0.15) is 17.3 Å². The van der Waals surface area contributed by atoms with Crippen molar-refractivity contribution in [2.45, 2.75) is 18.6 Å². The second kappa shape index (κ2) is 10.9. The minimum atomic E-state index is -2.41. The molecule has 9 nitrogen and oxygen atoms in total. The van der Waals surface area contributed by atoms with Crippen LogP contribution in [0.4, 0.5) is 0 Å². The predicted molar refractivity (Wildman–Crippen MR) is 199 cm³/mol. The van der Waals surface area contributed by atoms with Gasteiger partial charge in [-0.05, 0) is 64.2 Å². The number of aromatic hydroxyl groups is 4. The van der Waals surface area contributed by atoms with E-state index in [9.17, 15) is 40.9 Å². The van der Waals surface area contributed by atoms with E-state index >= 15 is 0 Å². The Morgan fingerprint density at radius 3 is 1.88 bits per heavy atom. The van der Waals surface area contributed by atoms with Crippen LogP contribution in [0.25, 0.3) is 82.6 Å². The van der Waals surface area contributed by atoms with E-state index in [1.165, 1.54) is 0 Å². The lowest BCUT2D eigenvalue weighted by molar-refractivity contribution is -0.0640. The Balaban J connectivity index is 1.49. The summed E-state index contributed by atoms with van der Waals surface area (Å²) in [6.07, 6.45) is -1.91. The third kappa shape index (κ3) is 4.18. The van der Waals surface area contributed by atoms with Gasteiger partial charge in [0.2, 0.25) is 11.5 Å². The third-order valence-electron chi connectivity index (χ3n) is 10.3. The van der Waals surface area contributed by atoms with Gasteiger partial charge in [0.05, 0.1) is 0 Å². The van der Waals surface area contributed by atoms with Crippen molar-refractivity contribution >= 4 is 49.2 Å². The van der Waals surface area contributed by atoms with Crippen molar-refractivity contribution in [2.24, 2.45) is 0 Å². The highest BCUT2D eigenvalue weighted by atomic mass is 16.4. The molecule has 0 fully saturated rings. The maximum atomic E-state index is 12.0. The molecule has 0 amide bonds. The number of aliphatic hydroxyl groups is 4. The fourth-order valence-corrected chi connectivity index (χ4v) is 7.77. The summed E-state index contributed by atoms with van der Waals surface area (Å²) in [5.74, 6) is -5.40. The topological polar surface area (TPSA) is 175 Å². The normalized spacial score (nSPS) is 17.4. The Kier molecular flexibility index (Phi) is 6.57. The van der Waals surface area contributed by atoms with E-state index in [4.69, 9.17) is 4.42 Å². The van der Waals surface area contributed by atoms with Gasteiger partial charge in [0.25, 0.3) is 0 Å². The molecule has 256 valence electrons. The van der Waals surface area contributed by atoms with Gasteiger partial charge in [-0.2, -0.15) is 0 Å². The number of phenolic OH excluding ortho intramolecular Hbond substituents is 4. The Labute approximate surface area is 295 Å². The fraction of sp³-hybridized carbons (Fsp3) is 0.0698. The summed E-state index contributed by atoms with van der Waals surface area (Å²) in [6.45, 7) is 1.14. The van der Waals surface area contributed by atoms with Gasteiger partial charge in [0, 0.05) is 43.8 Å². The summed E-state index contributed by atoms with van der Waals surface area (Å²) < 4.78 is 6.20. The van der Waals surface area contributed by atoms with Gasteiger partial charge in [-0.1, -0.05) is 84.9 Å². The highest BCUT2D eigenvalue weighted by molar-refractivity contribution is 6.21. The van der Waals surface area contributed by atoms with Crippen LogP contribution in [0.1, 0.15) is 24.2 Å². The summed E-state index contributed by atoms with van der Waals surface area (Å²) in [5.41, 5.74) is 0.746. The highest BCUT2D eigenvalue weighted by Crippen LogP contribution is 2.60. The maximum absolute atomic E-state index is 12.0. The van der Waals surface area contributed by atoms with Gasteiger partial charge >= 0.3 is 0 Å². The average Bonchev–Trinajstić information content (AvgIpc) is 3.55. The van der Waals surface area contributed by atoms with Gasteiger partial charge in [-0.25, -0.2) is 0 Å². The van der Waals surface area contributed by atoms with Crippen molar-refractivity contribution < 1.29 is 45.3 Å². The molecule has 8 N–H and O–H groups in total. The number of furan rings is 1. The number of hydrogen-bond acceptors (Lipinski definition) is 9. The lowest BCUT2D eigenvalue weighted by atomic mass is 9.73. The molecule has 1 heterocycles. The van der Waals surface area contributed by atoms with Crippen LogP contribution in [0, 0.1) is 0 Å². The molecule has 0 aliphatic heterocycles. The number of benzene rings is 7. The number of rotatable bonds is 3. The average molecular weight is 691 g/mol. The molecule has 1 aliphatic rings. The number of fused-ring (bicyclic) bond motifs is 7. The van der Waals surface area contributed by atoms with Gasteiger partial charge in [-0.3, -0.25) is 0 Å². The van der Waals surface area contributed by atoms with E-state index in [2.05, 4.69) is 0 Å². The van der Waals surface area contributed by atoms with Crippen LogP contribution in [0.5, 0.6) is 23.0 Å². The molecule has 2 unspecified atom stereocenters. The smallest absolute Gasteiger partial charge is 0.204 e. The van der Waals surface area contributed by atoms with Crippen molar-refractivity contribution in [3.05, 3.63) is 126 Å². The van der Waals surface area contributed by atoms with Crippen LogP contribution < -0.4 is 0 Å². The Morgan fingerprint density at radius 1 is 0.519 bits per heavy atom. The van der Waals surface area contributed by atoms with Crippen molar-refractivity contribution in [3.63, 3.8) is 0 Å². The SMILES string of the molecule is CC1(O)C(O)=C(O)c2c(c(-c3cccc(-c4ccccc4)c3)c3c(O)c(O)c(O)c(O)c3c2-c2ccc3oc4ccc5ccccc5c4c3c2)C1O. The monoisotopic (exact) mass is 690 g/mol. The lowest BCUT2D eigenvalue weighted by Gasteiger charge is -2.37. The largest absolute Gasteiger partial charge is 0.506 e. The van der Waals surface area contributed by atoms with Crippen LogP contribution in [-0.2, 0) is 0 Å². The summed E-state index contributed by atoms with van der Waals surface area (Å²) in [4.78, 5) is 0. The first-order chi connectivity index (χ1) is 25.0. The molecule has 9 heteroatoms. The standard InChI is InChI=1S/C43H30O9/c1-43(51)41(49)35-30(23-12-7-11-22(18-23)20-8-3-2-4-9-20)33-32(36(44)39(47)40(48)37(33)45)29(34(35)38(46)42(43)50)24-15-16-27-26(19-24)31-25-13-6-5-10-21(25)14-17-28(31)52-27/h2-19,41,44-51H,1H3. The van der Waals surface area contributed by atoms with E-state index in [1.807, 2.05) is 72.8 Å². The first kappa shape index (κ1) is 31.3. The molecule has 0 saturated carbocycles. The first-order valence-electron chi connectivity index (χ1n) is 16.5. The van der Waals surface area contributed by atoms with E-state index in [0.717, 1.165) is 34.2 Å². The molecule has 9 rings (SSSR count). The summed E-state index contributed by atoms with van der Waals surface area (Å²) in [5, 5.41) is 94.9. The van der Waals surface area contributed by atoms with E-state index < -0.39 is 46.2 Å². The Hall–Kier alpha value is -6.68. The van der Waals surface area contributed by atoms with Crippen molar-refractivity contribution in [3.8, 4) is 56.4 Å². The van der Waals surface area contributed by atoms with Gasteiger partial charge in [0.15, 0.2) is 28.6 Å². The third-order valence-corrected chi connectivity index (χ3v) is 10.3. The van der Waals surface area contributed by atoms with Crippen LogP contribution >= 0.6 is 0 Å². The lowest BCUT2D eigenvalue weighted by Crippen LogP contribution is -2.39. The van der Waals surface area contributed by atoms with Crippen molar-refractivity contribution in [2.75, 3.05) is 0 Å². The summed E-state index contributed by atoms with van der Waals surface area (Å²) >= 11 is 0. The first-order valence-corrected chi connectivity index (χ1v) is 16.5. The van der Waals surface area contributed by atoms with E-state index in [0.29, 0.717) is 27.7 Å². The second-order valence-electron chi connectivity index (χ2n) is 13.4. The second-order valence-corrected chi connectivity index (χ2v) is 13.4. The molecule has 1 aliphatic carbocycles. The number of phenols is 4. The molecule has 0 saturated heterocycles. The van der Waals surface area contributed by atoms with Crippen LogP contribution in [-0.4, -0.2) is 46.5 Å². The quantitative estimate of drug-likeness (QED) is 0.0663. The molecular formula is C43H30O9. The van der Waals surface area contributed by atoms with Gasteiger partial charge < -0.3 is 45.3 Å². The van der Waals surface area contributed by atoms with Crippen molar-refractivity contribution in [1.82, 2.24) is 0 Å². The summed E-state index contributed by atoms with van der Waals surface area (Å²) in [7, 11) is 0. The van der Waals surface area contributed by atoms with E-state index in [1.54, 1.807) is 36.4 Å². The van der Waals surface area contributed by atoms with Crippen LogP contribution in [0.2, 0.25) is 0 Å². The summed E-state index contributed by atoms with van der Waals surface area (Å²) in [6, 6.07) is 33.1. The highest BCUT2D eigenvalue weighted by Gasteiger charge is 2.48. The zero-order valence-corrected chi connectivity index (χ0v) is 27.5. The zero-order valence-electron chi connectivity index (χ0n) is 27.5. The minimum Gasteiger partial charge on any atom is -0.506 e. The molecule has 1 aromatic heterocycles. The molecule has 52 heavy (non-hydrogen) atoms. The maximum Gasteiger partial charge on any atom is 0.204 e. The fourth-order valence-electron chi connectivity index (χ4n) is 7.77. The zero-order chi connectivity index (χ0) is 36.2. The van der Waals surface area contributed by atoms with Crippen molar-refractivity contribution in [1.29, 1.82) is 0 Å². The number of aliphatic hydroxyl groups excluding tert-OH is 3. The molecule has 0 bridgehead atoms. The molecule has 0 spiro atoms.